The first-order valence-electron chi connectivity index (χ1n) is 8.66. The Hall–Kier alpha value is -2.81. The number of urea groups is 1. The third kappa shape index (κ3) is 2.84. The second-order valence-corrected chi connectivity index (χ2v) is 6.80. The van der Waals surface area contributed by atoms with Gasteiger partial charge in [0.15, 0.2) is 0 Å². The summed E-state index contributed by atoms with van der Waals surface area (Å²) in [4.78, 5) is 34.8. The van der Waals surface area contributed by atoms with Crippen molar-refractivity contribution in [1.82, 2.24) is 30.7 Å². The van der Waals surface area contributed by atoms with Crippen LogP contribution in [0.2, 0.25) is 0 Å². The topological polar surface area (TPSA) is 113 Å². The molecule has 2 aromatic rings. The number of nitrogens with zero attached hydrogens (tertiary/aromatic N) is 4. The number of piperidine rings is 1. The number of carbonyl (C=O) groups is 2. The highest BCUT2D eigenvalue weighted by Crippen LogP contribution is 2.32. The molecule has 4 rings (SSSR count). The van der Waals surface area contributed by atoms with Crippen molar-refractivity contribution in [2.24, 2.45) is 5.92 Å². The summed E-state index contributed by atoms with van der Waals surface area (Å²) in [6.45, 7) is 3.46. The average molecular weight is 356 g/mol. The molecule has 2 fully saturated rings. The molecule has 4 heterocycles. The normalized spacial score (nSPS) is 24.1. The summed E-state index contributed by atoms with van der Waals surface area (Å²) < 4.78 is 5.22. The highest BCUT2D eigenvalue weighted by molar-refractivity contribution is 6.06. The molecule has 2 saturated heterocycles. The molecule has 26 heavy (non-hydrogen) atoms. The van der Waals surface area contributed by atoms with Crippen molar-refractivity contribution in [1.29, 1.82) is 0 Å². The van der Waals surface area contributed by atoms with Crippen molar-refractivity contribution < 1.29 is 14.1 Å². The molecular formula is C17H20N6O3. The van der Waals surface area contributed by atoms with Crippen LogP contribution in [0.15, 0.2) is 29.0 Å². The van der Waals surface area contributed by atoms with Crippen LogP contribution >= 0.6 is 0 Å². The molecule has 136 valence electrons. The lowest BCUT2D eigenvalue weighted by Crippen LogP contribution is -2.53. The fourth-order valence-corrected chi connectivity index (χ4v) is 3.60. The zero-order valence-electron chi connectivity index (χ0n) is 14.4. The van der Waals surface area contributed by atoms with Gasteiger partial charge in [0.25, 0.3) is 5.91 Å². The zero-order valence-corrected chi connectivity index (χ0v) is 14.4. The fraction of sp³-hybridized carbons (Fsp3) is 0.471. The molecule has 0 radical (unpaired) electrons. The minimum atomic E-state index is -0.884. The van der Waals surface area contributed by atoms with E-state index in [-0.39, 0.29) is 24.3 Å². The Bertz CT molecular complexity index is 817. The Labute approximate surface area is 150 Å². The van der Waals surface area contributed by atoms with Crippen LogP contribution in [0.3, 0.4) is 0 Å². The minimum absolute atomic E-state index is 0.0432. The van der Waals surface area contributed by atoms with E-state index in [4.69, 9.17) is 4.52 Å². The summed E-state index contributed by atoms with van der Waals surface area (Å²) in [6.07, 6.45) is 4.97. The smallest absolute Gasteiger partial charge is 0.325 e. The summed E-state index contributed by atoms with van der Waals surface area (Å²) >= 11 is 0. The predicted molar refractivity (Wildman–Crippen MR) is 90.6 cm³/mol. The number of pyridine rings is 1. The van der Waals surface area contributed by atoms with E-state index < -0.39 is 11.6 Å². The molecule has 9 nitrogen and oxygen atoms in total. The van der Waals surface area contributed by atoms with Crippen LogP contribution in [0.1, 0.15) is 25.7 Å². The number of nitrogens with one attached hydrogen (secondary N) is 2. The van der Waals surface area contributed by atoms with Gasteiger partial charge in [-0.05, 0) is 50.9 Å². The lowest BCUT2D eigenvalue weighted by Gasteiger charge is -2.34. The predicted octanol–water partition coefficient (Wildman–Crippen LogP) is 0.942. The van der Waals surface area contributed by atoms with Crippen LogP contribution in [0, 0.1) is 5.92 Å². The largest absolute Gasteiger partial charge is 0.337 e. The number of hydrogen-bond acceptors (Lipinski definition) is 7. The quantitative estimate of drug-likeness (QED) is 0.784. The first-order chi connectivity index (χ1) is 12.6. The number of imide groups is 1. The van der Waals surface area contributed by atoms with Gasteiger partial charge in [0.2, 0.25) is 11.7 Å². The molecule has 1 atom stereocenters. The number of carbonyl (C=O) groups excluding carboxylic acids is 2. The average Bonchev–Trinajstić information content (AvgIpc) is 3.23. The Morgan fingerprint density at radius 1 is 1.35 bits per heavy atom. The third-order valence-corrected chi connectivity index (χ3v) is 5.14. The standard InChI is InChI=1S/C17H20N6O3/c1-17(12-4-7-18-8-5-12)15(24)23(16(25)21-17)10-13-20-14(22-26-13)11-3-2-6-19-9-11/h2-3,6,9,12,18H,4-5,7-8,10H2,1H3,(H,21,25). The molecule has 9 heteroatoms. The highest BCUT2D eigenvalue weighted by Gasteiger charge is 2.52. The summed E-state index contributed by atoms with van der Waals surface area (Å²) in [6, 6.07) is 3.16. The van der Waals surface area contributed by atoms with Crippen molar-refractivity contribution >= 4 is 11.9 Å². The highest BCUT2D eigenvalue weighted by atomic mass is 16.5. The van der Waals surface area contributed by atoms with E-state index >= 15 is 0 Å². The Kier molecular flexibility index (Phi) is 4.15. The second-order valence-electron chi connectivity index (χ2n) is 6.80. The van der Waals surface area contributed by atoms with Gasteiger partial charge in [0.05, 0.1) is 0 Å². The number of hydrogen-bond donors (Lipinski definition) is 2. The maximum absolute atomic E-state index is 12.9. The minimum Gasteiger partial charge on any atom is -0.337 e. The van der Waals surface area contributed by atoms with E-state index in [1.165, 1.54) is 0 Å². The van der Waals surface area contributed by atoms with E-state index in [1.54, 1.807) is 25.4 Å². The molecule has 3 amide bonds. The van der Waals surface area contributed by atoms with Gasteiger partial charge in [0, 0.05) is 18.0 Å². The van der Waals surface area contributed by atoms with Gasteiger partial charge in [-0.1, -0.05) is 5.16 Å². The van der Waals surface area contributed by atoms with E-state index in [9.17, 15) is 9.59 Å². The van der Waals surface area contributed by atoms with Crippen LogP contribution in [0.5, 0.6) is 0 Å². The molecule has 1 unspecified atom stereocenters. The molecule has 0 bridgehead atoms. The maximum Gasteiger partial charge on any atom is 0.325 e. The van der Waals surface area contributed by atoms with Crippen LogP contribution in [-0.4, -0.2) is 50.6 Å². The molecule has 0 saturated carbocycles. The molecule has 2 aliphatic heterocycles. The number of amides is 3. The van der Waals surface area contributed by atoms with Crippen LogP contribution in [0.25, 0.3) is 11.4 Å². The Balaban J connectivity index is 1.51. The molecular weight excluding hydrogens is 336 g/mol. The van der Waals surface area contributed by atoms with Gasteiger partial charge in [0.1, 0.15) is 12.1 Å². The van der Waals surface area contributed by atoms with Gasteiger partial charge in [-0.25, -0.2) is 4.79 Å². The number of aromatic nitrogens is 3. The molecule has 2 aromatic heterocycles. The maximum atomic E-state index is 12.9. The van der Waals surface area contributed by atoms with Crippen LogP contribution in [0.4, 0.5) is 4.79 Å². The van der Waals surface area contributed by atoms with Crippen molar-refractivity contribution in [3.05, 3.63) is 30.4 Å². The van der Waals surface area contributed by atoms with Gasteiger partial charge in [-0.3, -0.25) is 14.7 Å². The first kappa shape index (κ1) is 16.6. The summed E-state index contributed by atoms with van der Waals surface area (Å²) in [5, 5.41) is 10.0. The zero-order chi connectivity index (χ0) is 18.1. The fourth-order valence-electron chi connectivity index (χ4n) is 3.60. The lowest BCUT2D eigenvalue weighted by molar-refractivity contribution is -0.133. The van der Waals surface area contributed by atoms with Gasteiger partial charge in [-0.15, -0.1) is 0 Å². The lowest BCUT2D eigenvalue weighted by atomic mass is 9.79. The Morgan fingerprint density at radius 3 is 2.88 bits per heavy atom. The second kappa shape index (κ2) is 6.49. The van der Waals surface area contributed by atoms with Crippen molar-refractivity contribution in [3.8, 4) is 11.4 Å². The van der Waals surface area contributed by atoms with Crippen LogP contribution < -0.4 is 10.6 Å². The van der Waals surface area contributed by atoms with Gasteiger partial charge < -0.3 is 15.2 Å². The Morgan fingerprint density at radius 2 is 2.15 bits per heavy atom. The van der Waals surface area contributed by atoms with Crippen molar-refractivity contribution in [2.75, 3.05) is 13.1 Å². The van der Waals surface area contributed by atoms with Crippen molar-refractivity contribution in [3.63, 3.8) is 0 Å². The third-order valence-electron chi connectivity index (χ3n) is 5.14. The summed E-state index contributed by atoms with van der Waals surface area (Å²) in [7, 11) is 0. The van der Waals surface area contributed by atoms with E-state index in [0.29, 0.717) is 11.4 Å². The van der Waals surface area contributed by atoms with Gasteiger partial charge in [-0.2, -0.15) is 4.98 Å². The first-order valence-corrected chi connectivity index (χ1v) is 8.66. The molecule has 0 aromatic carbocycles. The summed E-state index contributed by atoms with van der Waals surface area (Å²) in [5.74, 6) is 0.456. The molecule has 0 spiro atoms. The van der Waals surface area contributed by atoms with Gasteiger partial charge >= 0.3 is 6.03 Å². The SMILES string of the molecule is CC1(C2CCNCC2)NC(=O)N(Cc2nc(-c3cccnc3)no2)C1=O. The van der Waals surface area contributed by atoms with E-state index in [2.05, 4.69) is 25.8 Å². The molecule has 2 aliphatic rings. The molecule has 0 aliphatic carbocycles. The van der Waals surface area contributed by atoms with Crippen molar-refractivity contribution in [2.45, 2.75) is 31.8 Å². The number of rotatable bonds is 4. The summed E-state index contributed by atoms with van der Waals surface area (Å²) in [5.41, 5.74) is -0.176. The van der Waals surface area contributed by atoms with Crippen LogP contribution in [-0.2, 0) is 11.3 Å². The van der Waals surface area contributed by atoms with E-state index in [1.807, 2.05) is 6.07 Å². The monoisotopic (exact) mass is 356 g/mol. The van der Waals surface area contributed by atoms with E-state index in [0.717, 1.165) is 30.8 Å². The molecule has 2 N–H and O–H groups in total.